The van der Waals surface area contributed by atoms with E-state index < -0.39 is 0 Å². The molecule has 0 spiro atoms. The fraction of sp³-hybridized carbons (Fsp3) is 0.583. The maximum Gasteiger partial charge on any atom is 0.256 e. The highest BCUT2D eigenvalue weighted by atomic mass is 16.3. The van der Waals surface area contributed by atoms with Gasteiger partial charge in [0.05, 0.1) is 23.6 Å². The maximum absolute atomic E-state index is 12.3. The molecule has 92 valence electrons. The number of hydrogen-bond donors (Lipinski definition) is 1. The van der Waals surface area contributed by atoms with E-state index in [0.29, 0.717) is 23.8 Å². The second-order valence-electron chi connectivity index (χ2n) is 4.44. The molecule has 0 unspecified atom stereocenters. The van der Waals surface area contributed by atoms with Crippen molar-refractivity contribution in [2.75, 3.05) is 13.2 Å². The van der Waals surface area contributed by atoms with Crippen LogP contribution in [0.15, 0.2) is 6.07 Å². The lowest BCUT2D eigenvalue weighted by molar-refractivity contribution is 0.0706. The number of aliphatic hydroxyl groups is 1. The number of aryl methyl sites for hydroxylation is 2. The van der Waals surface area contributed by atoms with Gasteiger partial charge in [-0.15, -0.1) is 0 Å². The Kier molecular flexibility index (Phi) is 3.38. The van der Waals surface area contributed by atoms with Crippen LogP contribution in [0.5, 0.6) is 0 Å². The Morgan fingerprint density at radius 3 is 2.76 bits per heavy atom. The Labute approximate surface area is 100 Å². The summed E-state index contributed by atoms with van der Waals surface area (Å²) in [4.78, 5) is 14.1. The molecular weight excluding hydrogens is 218 g/mol. The number of aromatic nitrogens is 2. The topological polar surface area (TPSA) is 66.3 Å². The molecule has 0 aromatic carbocycles. The van der Waals surface area contributed by atoms with E-state index in [1.807, 2.05) is 6.92 Å². The van der Waals surface area contributed by atoms with Crippen LogP contribution in [0.2, 0.25) is 0 Å². The van der Waals surface area contributed by atoms with Gasteiger partial charge in [0.2, 0.25) is 0 Å². The molecule has 0 saturated heterocycles. The lowest BCUT2D eigenvalue weighted by Crippen LogP contribution is -2.36. The molecule has 0 radical (unpaired) electrons. The van der Waals surface area contributed by atoms with Gasteiger partial charge in [-0.05, 0) is 32.8 Å². The van der Waals surface area contributed by atoms with Crippen molar-refractivity contribution < 1.29 is 9.90 Å². The molecule has 1 aliphatic rings. The van der Waals surface area contributed by atoms with Crippen LogP contribution in [0.25, 0.3) is 0 Å². The predicted molar refractivity (Wildman–Crippen MR) is 62.7 cm³/mol. The molecule has 0 aliphatic heterocycles. The van der Waals surface area contributed by atoms with E-state index in [4.69, 9.17) is 5.11 Å². The monoisotopic (exact) mass is 235 g/mol. The van der Waals surface area contributed by atoms with Gasteiger partial charge >= 0.3 is 0 Å². The molecule has 1 fully saturated rings. The summed E-state index contributed by atoms with van der Waals surface area (Å²) in [6, 6.07) is 2.06. The number of carbonyl (C=O) groups excluding carboxylic acids is 1. The Bertz CT molecular complexity index is 430. The largest absolute Gasteiger partial charge is 0.395 e. The highest BCUT2D eigenvalue weighted by Crippen LogP contribution is 2.28. The zero-order valence-electron chi connectivity index (χ0n) is 10.2. The lowest BCUT2D eigenvalue weighted by atomic mass is 10.1. The molecule has 0 bridgehead atoms. The first-order valence-electron chi connectivity index (χ1n) is 5.86. The summed E-state index contributed by atoms with van der Waals surface area (Å²) in [7, 11) is 0. The van der Waals surface area contributed by atoms with E-state index in [1.54, 1.807) is 17.9 Å². The molecule has 1 saturated carbocycles. The standard InChI is InChI=1S/C12H17N3O2/c1-8-7-11(9(2)14-13-8)12(17)15(5-6-16)10-3-4-10/h7,10,16H,3-6H2,1-2H3. The third-order valence-electron chi connectivity index (χ3n) is 2.92. The summed E-state index contributed by atoms with van der Waals surface area (Å²) in [5.74, 6) is -0.0444. The van der Waals surface area contributed by atoms with Crippen LogP contribution in [0.4, 0.5) is 0 Å². The van der Waals surface area contributed by atoms with Gasteiger partial charge in [0.25, 0.3) is 5.91 Å². The van der Waals surface area contributed by atoms with Crippen molar-refractivity contribution in [2.24, 2.45) is 0 Å². The second-order valence-corrected chi connectivity index (χ2v) is 4.44. The van der Waals surface area contributed by atoms with Gasteiger partial charge in [-0.2, -0.15) is 10.2 Å². The molecule has 0 atom stereocenters. The quantitative estimate of drug-likeness (QED) is 0.833. The van der Waals surface area contributed by atoms with E-state index in [9.17, 15) is 4.79 Å². The van der Waals surface area contributed by atoms with Crippen LogP contribution in [-0.2, 0) is 0 Å². The van der Waals surface area contributed by atoms with Crippen molar-refractivity contribution >= 4 is 5.91 Å². The van der Waals surface area contributed by atoms with Gasteiger partial charge in [0.15, 0.2) is 0 Å². The van der Waals surface area contributed by atoms with E-state index in [1.165, 1.54) is 0 Å². The van der Waals surface area contributed by atoms with Crippen molar-refractivity contribution in [3.63, 3.8) is 0 Å². The minimum atomic E-state index is -0.0444. The van der Waals surface area contributed by atoms with E-state index in [0.717, 1.165) is 18.5 Å². The lowest BCUT2D eigenvalue weighted by Gasteiger charge is -2.21. The average Bonchev–Trinajstić information content (AvgIpc) is 3.12. The van der Waals surface area contributed by atoms with Crippen LogP contribution in [0, 0.1) is 13.8 Å². The SMILES string of the molecule is Cc1cc(C(=O)N(CCO)C2CC2)c(C)nn1. The van der Waals surface area contributed by atoms with Crippen LogP contribution in [0.1, 0.15) is 34.6 Å². The van der Waals surface area contributed by atoms with Crippen LogP contribution >= 0.6 is 0 Å². The molecule has 1 heterocycles. The summed E-state index contributed by atoms with van der Waals surface area (Å²) in [5, 5.41) is 16.9. The molecule has 2 rings (SSSR count). The van der Waals surface area contributed by atoms with Crippen LogP contribution in [0.3, 0.4) is 0 Å². The summed E-state index contributed by atoms with van der Waals surface area (Å²) in [6.45, 7) is 3.99. The molecule has 1 amide bonds. The van der Waals surface area contributed by atoms with Crippen molar-refractivity contribution in [1.29, 1.82) is 0 Å². The van der Waals surface area contributed by atoms with Gasteiger partial charge in [-0.25, -0.2) is 0 Å². The third kappa shape index (κ3) is 2.61. The van der Waals surface area contributed by atoms with Gasteiger partial charge in [-0.3, -0.25) is 4.79 Å². The fourth-order valence-corrected chi connectivity index (χ4v) is 1.87. The molecule has 1 aliphatic carbocycles. The third-order valence-corrected chi connectivity index (χ3v) is 2.92. The van der Waals surface area contributed by atoms with Crippen LogP contribution in [-0.4, -0.2) is 45.3 Å². The van der Waals surface area contributed by atoms with Crippen molar-refractivity contribution in [3.8, 4) is 0 Å². The summed E-state index contributed by atoms with van der Waals surface area (Å²) >= 11 is 0. The van der Waals surface area contributed by atoms with E-state index >= 15 is 0 Å². The minimum Gasteiger partial charge on any atom is -0.395 e. The van der Waals surface area contributed by atoms with Crippen molar-refractivity contribution in [3.05, 3.63) is 23.0 Å². The first-order chi connectivity index (χ1) is 8.13. The molecule has 1 aromatic rings. The van der Waals surface area contributed by atoms with Gasteiger partial charge < -0.3 is 10.0 Å². The summed E-state index contributed by atoms with van der Waals surface area (Å²) in [6.07, 6.45) is 2.06. The molecule has 1 aromatic heterocycles. The van der Waals surface area contributed by atoms with Gasteiger partial charge in [-0.1, -0.05) is 0 Å². The molecule has 1 N–H and O–H groups in total. The number of amides is 1. The van der Waals surface area contributed by atoms with E-state index in [-0.39, 0.29) is 12.5 Å². The van der Waals surface area contributed by atoms with Crippen molar-refractivity contribution in [1.82, 2.24) is 15.1 Å². The normalized spacial score (nSPS) is 14.8. The Morgan fingerprint density at radius 2 is 2.18 bits per heavy atom. The molecule has 5 heteroatoms. The predicted octanol–water partition coefficient (Wildman–Crippen LogP) is 0.690. The summed E-state index contributed by atoms with van der Waals surface area (Å²) in [5.41, 5.74) is 1.97. The minimum absolute atomic E-state index is 0.00121. The van der Waals surface area contributed by atoms with Crippen molar-refractivity contribution in [2.45, 2.75) is 32.7 Å². The number of nitrogens with zero attached hydrogens (tertiary/aromatic N) is 3. The summed E-state index contributed by atoms with van der Waals surface area (Å²) < 4.78 is 0. The highest BCUT2D eigenvalue weighted by Gasteiger charge is 2.33. The Morgan fingerprint density at radius 1 is 1.47 bits per heavy atom. The fourth-order valence-electron chi connectivity index (χ4n) is 1.87. The van der Waals surface area contributed by atoms with E-state index in [2.05, 4.69) is 10.2 Å². The highest BCUT2D eigenvalue weighted by molar-refractivity contribution is 5.95. The van der Waals surface area contributed by atoms with Gasteiger partial charge in [0, 0.05) is 12.6 Å². The zero-order valence-corrected chi connectivity index (χ0v) is 10.2. The number of rotatable bonds is 4. The number of aliphatic hydroxyl groups excluding tert-OH is 1. The zero-order chi connectivity index (χ0) is 12.4. The molecule has 5 nitrogen and oxygen atoms in total. The van der Waals surface area contributed by atoms with Gasteiger partial charge in [0.1, 0.15) is 0 Å². The number of carbonyl (C=O) groups is 1. The maximum atomic E-state index is 12.3. The molecular formula is C12H17N3O2. The second kappa shape index (κ2) is 4.79. The number of hydrogen-bond acceptors (Lipinski definition) is 4. The Balaban J connectivity index is 2.24. The first kappa shape index (κ1) is 12.0. The molecule has 17 heavy (non-hydrogen) atoms. The first-order valence-corrected chi connectivity index (χ1v) is 5.86. The Hall–Kier alpha value is -1.49. The smallest absolute Gasteiger partial charge is 0.256 e. The van der Waals surface area contributed by atoms with Crippen LogP contribution < -0.4 is 0 Å². The average molecular weight is 235 g/mol.